The number of methoxy groups -OCH3 is 1. The molecule has 5 nitrogen and oxygen atoms in total. The van der Waals surface area contributed by atoms with Crippen LogP contribution in [0, 0.1) is 0 Å². The number of aromatic nitrogens is 3. The van der Waals surface area contributed by atoms with Gasteiger partial charge in [0.15, 0.2) is 11.0 Å². The van der Waals surface area contributed by atoms with Gasteiger partial charge >= 0.3 is 0 Å². The zero-order chi connectivity index (χ0) is 18.5. The summed E-state index contributed by atoms with van der Waals surface area (Å²) in [7, 11) is 1.67. The van der Waals surface area contributed by atoms with Crippen LogP contribution in [0.2, 0.25) is 0 Å². The summed E-state index contributed by atoms with van der Waals surface area (Å²) in [4.78, 5) is 0. The molecule has 2 heterocycles. The first kappa shape index (κ1) is 18.1. The van der Waals surface area contributed by atoms with Gasteiger partial charge in [-0.1, -0.05) is 42.1 Å². The summed E-state index contributed by atoms with van der Waals surface area (Å²) in [5.74, 6) is 2.51. The van der Waals surface area contributed by atoms with Crippen molar-refractivity contribution in [2.75, 3.05) is 19.5 Å². The number of nitrogens with zero attached hydrogens (tertiary/aromatic N) is 3. The van der Waals surface area contributed by atoms with Crippen LogP contribution in [0.15, 0.2) is 59.8 Å². The topological polar surface area (TPSA) is 49.2 Å². The van der Waals surface area contributed by atoms with Gasteiger partial charge in [-0.05, 0) is 43.5 Å². The molecule has 1 aromatic heterocycles. The fraction of sp³-hybridized carbons (Fsp3) is 0.333. The average molecular weight is 382 g/mol. The lowest BCUT2D eigenvalue weighted by Gasteiger charge is -2.22. The van der Waals surface area contributed by atoms with Gasteiger partial charge in [0.05, 0.1) is 13.2 Å². The Morgan fingerprint density at radius 1 is 1.11 bits per heavy atom. The number of thioether (sulfide) groups is 1. The highest BCUT2D eigenvalue weighted by Gasteiger charge is 2.19. The van der Waals surface area contributed by atoms with Crippen LogP contribution < -0.4 is 4.74 Å². The van der Waals surface area contributed by atoms with Gasteiger partial charge < -0.3 is 9.47 Å². The average Bonchev–Trinajstić information content (AvgIpc) is 3.17. The van der Waals surface area contributed by atoms with E-state index in [1.165, 1.54) is 12.8 Å². The first-order chi connectivity index (χ1) is 13.3. The van der Waals surface area contributed by atoms with Crippen LogP contribution in [-0.2, 0) is 4.74 Å². The molecule has 2 aromatic carbocycles. The number of benzene rings is 2. The van der Waals surface area contributed by atoms with Crippen LogP contribution in [0.4, 0.5) is 0 Å². The van der Waals surface area contributed by atoms with Crippen molar-refractivity contribution in [3.8, 4) is 22.8 Å². The standard InChI is InChI=1S/C21H23N3O2S/c1-25-18-12-7-8-16(14-18)20-22-23-21(24(20)17-9-3-2-4-10-17)27-15-19-11-5-6-13-26-19/h2-4,7-10,12,14,19H,5-6,11,13,15H2,1H3/t19-/m1/s1. The molecule has 1 saturated heterocycles. The Hall–Kier alpha value is -2.31. The Morgan fingerprint density at radius 3 is 2.78 bits per heavy atom. The summed E-state index contributed by atoms with van der Waals surface area (Å²) >= 11 is 1.71. The molecule has 0 unspecified atom stereocenters. The van der Waals surface area contributed by atoms with Crippen LogP contribution in [0.1, 0.15) is 19.3 Å². The van der Waals surface area contributed by atoms with Gasteiger partial charge in [0.1, 0.15) is 5.75 Å². The lowest BCUT2D eigenvalue weighted by atomic mass is 10.1. The van der Waals surface area contributed by atoms with Gasteiger partial charge in [-0.25, -0.2) is 0 Å². The molecule has 1 aliphatic rings. The Morgan fingerprint density at radius 2 is 2.00 bits per heavy atom. The molecule has 0 spiro atoms. The smallest absolute Gasteiger partial charge is 0.196 e. The van der Waals surface area contributed by atoms with Crippen molar-refractivity contribution in [3.05, 3.63) is 54.6 Å². The first-order valence-electron chi connectivity index (χ1n) is 9.25. The lowest BCUT2D eigenvalue weighted by Crippen LogP contribution is -2.21. The van der Waals surface area contributed by atoms with Crippen molar-refractivity contribution >= 4 is 11.8 Å². The molecule has 1 aliphatic heterocycles. The van der Waals surface area contributed by atoms with Crippen molar-refractivity contribution in [2.24, 2.45) is 0 Å². The van der Waals surface area contributed by atoms with Crippen LogP contribution in [0.5, 0.6) is 5.75 Å². The van der Waals surface area contributed by atoms with Crippen molar-refractivity contribution < 1.29 is 9.47 Å². The molecule has 0 bridgehead atoms. The van der Waals surface area contributed by atoms with E-state index in [-0.39, 0.29) is 0 Å². The molecular formula is C21H23N3O2S. The van der Waals surface area contributed by atoms with Gasteiger partial charge in [-0.15, -0.1) is 10.2 Å². The minimum absolute atomic E-state index is 0.296. The molecule has 6 heteroatoms. The third kappa shape index (κ3) is 4.17. The summed E-state index contributed by atoms with van der Waals surface area (Å²) in [6.45, 7) is 0.867. The highest BCUT2D eigenvalue weighted by Crippen LogP contribution is 2.30. The van der Waals surface area contributed by atoms with Gasteiger partial charge in [0.25, 0.3) is 0 Å². The third-order valence-electron chi connectivity index (χ3n) is 4.65. The second-order valence-electron chi connectivity index (χ2n) is 6.51. The summed E-state index contributed by atoms with van der Waals surface area (Å²) in [5.41, 5.74) is 2.03. The van der Waals surface area contributed by atoms with E-state index in [4.69, 9.17) is 9.47 Å². The molecule has 0 radical (unpaired) electrons. The van der Waals surface area contributed by atoms with E-state index in [1.54, 1.807) is 18.9 Å². The third-order valence-corrected chi connectivity index (χ3v) is 5.71. The maximum atomic E-state index is 5.87. The van der Waals surface area contributed by atoms with E-state index in [1.807, 2.05) is 42.5 Å². The minimum atomic E-state index is 0.296. The Bertz CT molecular complexity index is 876. The van der Waals surface area contributed by atoms with Crippen molar-refractivity contribution in [1.29, 1.82) is 0 Å². The van der Waals surface area contributed by atoms with Crippen molar-refractivity contribution in [1.82, 2.24) is 14.8 Å². The molecule has 0 saturated carbocycles. The number of ether oxygens (including phenoxy) is 2. The SMILES string of the molecule is COc1cccc(-c2nnc(SC[C@H]3CCCCO3)n2-c2ccccc2)c1. The molecule has 140 valence electrons. The van der Waals surface area contributed by atoms with Gasteiger partial charge in [0, 0.05) is 23.6 Å². The van der Waals surface area contributed by atoms with Crippen LogP contribution in [0.3, 0.4) is 0 Å². The molecule has 4 rings (SSSR count). The maximum Gasteiger partial charge on any atom is 0.196 e. The minimum Gasteiger partial charge on any atom is -0.497 e. The number of hydrogen-bond donors (Lipinski definition) is 0. The molecule has 0 amide bonds. The zero-order valence-corrected chi connectivity index (χ0v) is 16.2. The summed E-state index contributed by atoms with van der Waals surface area (Å²) < 4.78 is 13.4. The fourth-order valence-corrected chi connectivity index (χ4v) is 4.25. The van der Waals surface area contributed by atoms with E-state index in [2.05, 4.69) is 26.9 Å². The van der Waals surface area contributed by atoms with E-state index in [9.17, 15) is 0 Å². The summed E-state index contributed by atoms with van der Waals surface area (Å²) in [5, 5.41) is 9.87. The first-order valence-corrected chi connectivity index (χ1v) is 10.2. The second kappa shape index (κ2) is 8.59. The lowest BCUT2D eigenvalue weighted by molar-refractivity contribution is 0.0315. The summed E-state index contributed by atoms with van der Waals surface area (Å²) in [6, 6.07) is 18.2. The van der Waals surface area contributed by atoms with E-state index in [0.29, 0.717) is 6.10 Å². The highest BCUT2D eigenvalue weighted by atomic mass is 32.2. The molecular weight excluding hydrogens is 358 g/mol. The highest BCUT2D eigenvalue weighted by molar-refractivity contribution is 7.99. The van der Waals surface area contributed by atoms with Crippen LogP contribution in [0.25, 0.3) is 17.1 Å². The van der Waals surface area contributed by atoms with Gasteiger partial charge in [0.2, 0.25) is 0 Å². The molecule has 1 atom stereocenters. The van der Waals surface area contributed by atoms with Gasteiger partial charge in [-0.3, -0.25) is 4.57 Å². The number of hydrogen-bond acceptors (Lipinski definition) is 5. The molecule has 3 aromatic rings. The Kier molecular flexibility index (Phi) is 5.75. The van der Waals surface area contributed by atoms with Crippen LogP contribution >= 0.6 is 11.8 Å². The predicted molar refractivity (Wildman–Crippen MR) is 108 cm³/mol. The monoisotopic (exact) mass is 381 g/mol. The molecule has 27 heavy (non-hydrogen) atoms. The van der Waals surface area contributed by atoms with E-state index in [0.717, 1.165) is 46.8 Å². The maximum absolute atomic E-state index is 5.87. The Balaban J connectivity index is 1.68. The molecule has 0 N–H and O–H groups in total. The van der Waals surface area contributed by atoms with Crippen LogP contribution in [-0.4, -0.2) is 40.3 Å². The van der Waals surface area contributed by atoms with Crippen molar-refractivity contribution in [3.63, 3.8) is 0 Å². The quantitative estimate of drug-likeness (QED) is 0.584. The fourth-order valence-electron chi connectivity index (χ4n) is 3.23. The summed E-state index contributed by atoms with van der Waals surface area (Å²) in [6.07, 6.45) is 3.83. The number of rotatable bonds is 6. The molecule has 1 fully saturated rings. The number of para-hydroxylation sites is 1. The molecule has 0 aliphatic carbocycles. The Labute approximate surface area is 163 Å². The predicted octanol–water partition coefficient (Wildman–Crippen LogP) is 4.60. The largest absolute Gasteiger partial charge is 0.497 e. The van der Waals surface area contributed by atoms with Gasteiger partial charge in [-0.2, -0.15) is 0 Å². The zero-order valence-electron chi connectivity index (χ0n) is 15.4. The normalized spacial score (nSPS) is 17.0. The van der Waals surface area contributed by atoms with E-state index >= 15 is 0 Å². The van der Waals surface area contributed by atoms with Crippen molar-refractivity contribution in [2.45, 2.75) is 30.5 Å². The second-order valence-corrected chi connectivity index (χ2v) is 7.50. The van der Waals surface area contributed by atoms with E-state index < -0.39 is 0 Å².